The fourth-order valence-corrected chi connectivity index (χ4v) is 3.04. The average Bonchev–Trinajstić information content (AvgIpc) is 3.12. The summed E-state index contributed by atoms with van der Waals surface area (Å²) < 4.78 is 6.86. The standard InChI is InChI=1S/C21H17N3O3/c1-2-27-20(26)17-18(15-9-4-3-5-10-15)22-21(23-19(17)25)24-13-12-14-8-6-7-11-16(14)24/h3-13H,2H2,1H3,(H,22,23,25). The Kier molecular flexibility index (Phi) is 4.30. The van der Waals surface area contributed by atoms with Crippen molar-refractivity contribution in [2.24, 2.45) is 0 Å². The maximum Gasteiger partial charge on any atom is 0.346 e. The fourth-order valence-electron chi connectivity index (χ4n) is 3.04. The van der Waals surface area contributed by atoms with Crippen molar-refractivity contribution in [3.8, 4) is 17.2 Å². The number of aromatic nitrogens is 3. The predicted molar refractivity (Wildman–Crippen MR) is 103 cm³/mol. The van der Waals surface area contributed by atoms with Crippen molar-refractivity contribution in [1.82, 2.24) is 14.5 Å². The second-order valence-corrected chi connectivity index (χ2v) is 5.94. The summed E-state index contributed by atoms with van der Waals surface area (Å²) in [6.07, 6.45) is 1.84. The second-order valence-electron chi connectivity index (χ2n) is 5.94. The molecule has 6 nitrogen and oxygen atoms in total. The largest absolute Gasteiger partial charge is 0.462 e. The van der Waals surface area contributed by atoms with Crippen molar-refractivity contribution in [2.75, 3.05) is 6.61 Å². The Morgan fingerprint density at radius 1 is 1.07 bits per heavy atom. The van der Waals surface area contributed by atoms with Gasteiger partial charge < -0.3 is 4.74 Å². The highest BCUT2D eigenvalue weighted by atomic mass is 16.5. The molecule has 27 heavy (non-hydrogen) atoms. The van der Waals surface area contributed by atoms with Crippen LogP contribution in [0.25, 0.3) is 28.1 Å². The van der Waals surface area contributed by atoms with Gasteiger partial charge in [-0.05, 0) is 19.1 Å². The van der Waals surface area contributed by atoms with Gasteiger partial charge in [-0.15, -0.1) is 0 Å². The molecule has 0 atom stereocenters. The summed E-state index contributed by atoms with van der Waals surface area (Å²) in [4.78, 5) is 32.5. The van der Waals surface area contributed by atoms with Crippen molar-refractivity contribution in [1.29, 1.82) is 0 Å². The van der Waals surface area contributed by atoms with E-state index in [1.54, 1.807) is 11.5 Å². The van der Waals surface area contributed by atoms with Crippen LogP contribution in [0.15, 0.2) is 71.7 Å². The smallest absolute Gasteiger partial charge is 0.346 e. The van der Waals surface area contributed by atoms with Crippen LogP contribution in [0.4, 0.5) is 0 Å². The first kappa shape index (κ1) is 16.8. The zero-order chi connectivity index (χ0) is 18.8. The molecule has 0 aliphatic heterocycles. The first-order valence-corrected chi connectivity index (χ1v) is 8.62. The van der Waals surface area contributed by atoms with Gasteiger partial charge in [-0.2, -0.15) is 0 Å². The number of H-pyrrole nitrogens is 1. The van der Waals surface area contributed by atoms with Crippen LogP contribution in [0.5, 0.6) is 0 Å². The molecule has 0 fully saturated rings. The van der Waals surface area contributed by atoms with Gasteiger partial charge in [-0.25, -0.2) is 9.78 Å². The number of fused-ring (bicyclic) bond motifs is 1. The highest BCUT2D eigenvalue weighted by molar-refractivity contribution is 5.96. The molecule has 1 N–H and O–H groups in total. The Morgan fingerprint density at radius 2 is 1.81 bits per heavy atom. The van der Waals surface area contributed by atoms with Crippen LogP contribution in [0.1, 0.15) is 17.3 Å². The van der Waals surface area contributed by atoms with Gasteiger partial charge >= 0.3 is 5.97 Å². The SMILES string of the molecule is CCOC(=O)c1c(-c2ccccc2)nc(-n2ccc3ccccc32)[nH]c1=O. The lowest BCUT2D eigenvalue weighted by Gasteiger charge is -2.11. The summed E-state index contributed by atoms with van der Waals surface area (Å²) in [5.41, 5.74) is 1.25. The minimum atomic E-state index is -0.686. The van der Waals surface area contributed by atoms with Gasteiger partial charge in [-0.1, -0.05) is 48.5 Å². The third kappa shape index (κ3) is 3.01. The van der Waals surface area contributed by atoms with E-state index in [1.807, 2.05) is 66.9 Å². The fraction of sp³-hybridized carbons (Fsp3) is 0.0952. The van der Waals surface area contributed by atoms with Crippen LogP contribution < -0.4 is 5.56 Å². The van der Waals surface area contributed by atoms with Gasteiger partial charge in [-0.3, -0.25) is 14.3 Å². The van der Waals surface area contributed by atoms with Crippen LogP contribution in [-0.2, 0) is 4.74 Å². The van der Waals surface area contributed by atoms with Gasteiger partial charge in [0.1, 0.15) is 0 Å². The molecule has 4 rings (SSSR count). The number of rotatable bonds is 4. The molecule has 0 bridgehead atoms. The number of aromatic amines is 1. The number of nitrogens with one attached hydrogen (secondary N) is 1. The Labute approximate surface area is 155 Å². The molecule has 0 unspecified atom stereocenters. The lowest BCUT2D eigenvalue weighted by Crippen LogP contribution is -2.24. The van der Waals surface area contributed by atoms with Gasteiger partial charge in [0.2, 0.25) is 5.95 Å². The number of carbonyl (C=O) groups excluding carboxylic acids is 1. The van der Waals surface area contributed by atoms with Gasteiger partial charge in [0.15, 0.2) is 5.56 Å². The summed E-state index contributed by atoms with van der Waals surface area (Å²) in [6, 6.07) is 18.9. The first-order valence-electron chi connectivity index (χ1n) is 8.62. The van der Waals surface area contributed by atoms with E-state index < -0.39 is 11.5 Å². The number of esters is 1. The van der Waals surface area contributed by atoms with Crippen molar-refractivity contribution >= 4 is 16.9 Å². The van der Waals surface area contributed by atoms with E-state index in [0.29, 0.717) is 17.2 Å². The molecule has 0 aliphatic carbocycles. The number of hydrogen-bond donors (Lipinski definition) is 1. The summed E-state index contributed by atoms with van der Waals surface area (Å²) in [5, 5.41) is 1.02. The summed E-state index contributed by atoms with van der Waals surface area (Å²) in [7, 11) is 0. The Morgan fingerprint density at radius 3 is 2.59 bits per heavy atom. The van der Waals surface area contributed by atoms with Crippen LogP contribution >= 0.6 is 0 Å². The van der Waals surface area contributed by atoms with E-state index in [1.165, 1.54) is 0 Å². The Balaban J connectivity index is 1.97. The molecule has 0 radical (unpaired) electrons. The number of benzene rings is 2. The average molecular weight is 359 g/mol. The Bertz CT molecular complexity index is 1180. The number of hydrogen-bond acceptors (Lipinski definition) is 4. The molecule has 0 spiro atoms. The number of ether oxygens (including phenoxy) is 1. The van der Waals surface area contributed by atoms with Crippen LogP contribution in [0, 0.1) is 0 Å². The third-order valence-electron chi connectivity index (χ3n) is 4.26. The molecule has 0 amide bonds. The number of para-hydroxylation sites is 1. The van der Waals surface area contributed by atoms with E-state index in [0.717, 1.165) is 10.9 Å². The van der Waals surface area contributed by atoms with Crippen molar-refractivity contribution in [3.05, 3.63) is 82.8 Å². The molecule has 0 saturated carbocycles. The highest BCUT2D eigenvalue weighted by Gasteiger charge is 2.22. The lowest BCUT2D eigenvalue weighted by molar-refractivity contribution is 0.0525. The van der Waals surface area contributed by atoms with E-state index in [9.17, 15) is 9.59 Å². The van der Waals surface area contributed by atoms with E-state index in [4.69, 9.17) is 4.74 Å². The van der Waals surface area contributed by atoms with Crippen molar-refractivity contribution in [2.45, 2.75) is 6.92 Å². The van der Waals surface area contributed by atoms with Gasteiger partial charge in [0.25, 0.3) is 5.56 Å². The van der Waals surface area contributed by atoms with Gasteiger partial charge in [0.05, 0.1) is 17.8 Å². The molecular weight excluding hydrogens is 342 g/mol. The summed E-state index contributed by atoms with van der Waals surface area (Å²) in [6.45, 7) is 1.87. The maximum atomic E-state index is 12.8. The predicted octanol–water partition coefficient (Wildman–Crippen LogP) is 3.56. The Hall–Kier alpha value is -3.67. The lowest BCUT2D eigenvalue weighted by atomic mass is 10.1. The van der Waals surface area contributed by atoms with Gasteiger partial charge in [0, 0.05) is 17.1 Å². The molecule has 0 saturated heterocycles. The van der Waals surface area contributed by atoms with Crippen molar-refractivity contribution in [3.63, 3.8) is 0 Å². The topological polar surface area (TPSA) is 77.0 Å². The van der Waals surface area contributed by atoms with Crippen molar-refractivity contribution < 1.29 is 9.53 Å². The minimum Gasteiger partial charge on any atom is -0.462 e. The second kappa shape index (κ2) is 6.92. The summed E-state index contributed by atoms with van der Waals surface area (Å²) in [5.74, 6) is -0.345. The van der Waals surface area contributed by atoms with Crippen LogP contribution in [-0.4, -0.2) is 27.1 Å². The normalized spacial score (nSPS) is 10.9. The molecule has 4 aromatic rings. The molecule has 2 heterocycles. The number of carbonyl (C=O) groups is 1. The molecule has 6 heteroatoms. The zero-order valence-corrected chi connectivity index (χ0v) is 14.7. The molecule has 0 aliphatic rings. The first-order chi connectivity index (χ1) is 13.2. The highest BCUT2D eigenvalue weighted by Crippen LogP contribution is 2.23. The number of nitrogens with zero attached hydrogens (tertiary/aromatic N) is 2. The molecule has 2 aromatic heterocycles. The summed E-state index contributed by atoms with van der Waals surface area (Å²) >= 11 is 0. The van der Waals surface area contributed by atoms with E-state index in [-0.39, 0.29) is 12.2 Å². The minimum absolute atomic E-state index is 0.0942. The zero-order valence-electron chi connectivity index (χ0n) is 14.7. The van der Waals surface area contributed by atoms with E-state index in [2.05, 4.69) is 9.97 Å². The van der Waals surface area contributed by atoms with Crippen LogP contribution in [0.2, 0.25) is 0 Å². The monoisotopic (exact) mass is 359 g/mol. The van der Waals surface area contributed by atoms with E-state index >= 15 is 0 Å². The molecule has 2 aromatic carbocycles. The third-order valence-corrected chi connectivity index (χ3v) is 4.26. The van der Waals surface area contributed by atoms with Crippen LogP contribution in [0.3, 0.4) is 0 Å². The molecular formula is C21H17N3O3. The maximum absolute atomic E-state index is 12.8. The molecule has 134 valence electrons. The quantitative estimate of drug-likeness (QED) is 0.565.